The number of para-hydroxylation sites is 1. The van der Waals surface area contributed by atoms with Gasteiger partial charge in [-0.15, -0.1) is 0 Å². The summed E-state index contributed by atoms with van der Waals surface area (Å²) < 4.78 is 0.297. The fourth-order valence-electron chi connectivity index (χ4n) is 2.09. The summed E-state index contributed by atoms with van der Waals surface area (Å²) >= 11 is 4.89. The second-order valence-electron chi connectivity index (χ2n) is 4.87. The van der Waals surface area contributed by atoms with E-state index in [0.29, 0.717) is 22.4 Å². The van der Waals surface area contributed by atoms with Crippen LogP contribution in [-0.2, 0) is 11.2 Å². The predicted molar refractivity (Wildman–Crippen MR) is 85.1 cm³/mol. The van der Waals surface area contributed by atoms with Crippen molar-refractivity contribution >= 4 is 23.8 Å². The van der Waals surface area contributed by atoms with Gasteiger partial charge in [-0.2, -0.15) is 0 Å². The van der Waals surface area contributed by atoms with Crippen LogP contribution in [0.25, 0.3) is 0 Å². The van der Waals surface area contributed by atoms with E-state index in [1.807, 2.05) is 31.2 Å². The van der Waals surface area contributed by atoms with Crippen LogP contribution in [0.3, 0.4) is 0 Å². The maximum absolute atomic E-state index is 12.0. The predicted octanol–water partition coefficient (Wildman–Crippen LogP) is 2.62. The van der Waals surface area contributed by atoms with Crippen LogP contribution >= 0.6 is 12.2 Å². The number of hydrogen-bond acceptors (Lipinski definition) is 3. The normalized spacial score (nSPS) is 10.4. The Morgan fingerprint density at radius 1 is 1.24 bits per heavy atom. The maximum atomic E-state index is 12.0. The molecule has 1 aromatic carbocycles. The molecule has 0 saturated heterocycles. The zero-order chi connectivity index (χ0) is 15.4. The van der Waals surface area contributed by atoms with E-state index in [1.165, 1.54) is 0 Å². The first kappa shape index (κ1) is 15.2. The van der Waals surface area contributed by atoms with E-state index in [2.05, 4.69) is 15.3 Å². The molecule has 1 aromatic heterocycles. The zero-order valence-electron chi connectivity index (χ0n) is 11.9. The summed E-state index contributed by atoms with van der Waals surface area (Å²) in [6.07, 6.45) is 0.605. The van der Waals surface area contributed by atoms with Gasteiger partial charge < -0.3 is 10.3 Å². The zero-order valence-corrected chi connectivity index (χ0v) is 12.8. The Balaban J connectivity index is 2.04. The Labute approximate surface area is 127 Å². The van der Waals surface area contributed by atoms with Gasteiger partial charge in [-0.05, 0) is 44.1 Å². The monoisotopic (exact) mass is 303 g/mol. The minimum Gasteiger partial charge on any atom is -0.336 e. The summed E-state index contributed by atoms with van der Waals surface area (Å²) in [5.74, 6) is -0.120. The van der Waals surface area contributed by atoms with E-state index in [9.17, 15) is 9.59 Å². The molecule has 2 aromatic rings. The minimum absolute atomic E-state index is 0.120. The van der Waals surface area contributed by atoms with Crippen LogP contribution in [-0.4, -0.2) is 15.9 Å². The standard InChI is InChI=1S/C15H17N3O2S/c1-9-5-3-4-6-12(9)17-13(19)8-7-11-10(2)16-15(21)18-14(11)20/h3-6H,7-8H2,1-2H3,(H,17,19)(H2,16,18,20,21). The van der Waals surface area contributed by atoms with E-state index < -0.39 is 0 Å². The third-order valence-electron chi connectivity index (χ3n) is 3.28. The average Bonchev–Trinajstić information content (AvgIpc) is 2.40. The number of hydrogen-bond donors (Lipinski definition) is 3. The number of aromatic nitrogens is 2. The third-order valence-corrected chi connectivity index (χ3v) is 3.48. The van der Waals surface area contributed by atoms with Gasteiger partial charge in [0, 0.05) is 23.4 Å². The van der Waals surface area contributed by atoms with Gasteiger partial charge in [-0.1, -0.05) is 18.2 Å². The number of nitrogens with one attached hydrogen (secondary N) is 3. The highest BCUT2D eigenvalue weighted by Gasteiger charge is 2.09. The number of carbonyl (C=O) groups excluding carboxylic acids is 1. The van der Waals surface area contributed by atoms with Gasteiger partial charge in [0.1, 0.15) is 0 Å². The quantitative estimate of drug-likeness (QED) is 0.760. The van der Waals surface area contributed by atoms with Crippen LogP contribution in [0.15, 0.2) is 29.1 Å². The number of rotatable bonds is 4. The molecular formula is C15H17N3O2S. The Hall–Kier alpha value is -2.21. The van der Waals surface area contributed by atoms with Crippen molar-refractivity contribution in [2.45, 2.75) is 26.7 Å². The summed E-state index contributed by atoms with van der Waals surface area (Å²) in [7, 11) is 0. The highest BCUT2D eigenvalue weighted by molar-refractivity contribution is 7.71. The smallest absolute Gasteiger partial charge is 0.255 e. The topological polar surface area (TPSA) is 77.8 Å². The van der Waals surface area contributed by atoms with Gasteiger partial charge in [0.05, 0.1) is 0 Å². The Morgan fingerprint density at radius 3 is 2.62 bits per heavy atom. The van der Waals surface area contributed by atoms with Crippen LogP contribution < -0.4 is 10.9 Å². The molecule has 0 aliphatic carbocycles. The molecule has 5 nitrogen and oxygen atoms in total. The van der Waals surface area contributed by atoms with Gasteiger partial charge in [-0.25, -0.2) is 0 Å². The molecule has 0 atom stereocenters. The van der Waals surface area contributed by atoms with Crippen molar-refractivity contribution in [3.63, 3.8) is 0 Å². The molecule has 0 radical (unpaired) electrons. The lowest BCUT2D eigenvalue weighted by Gasteiger charge is -2.08. The minimum atomic E-state index is -0.236. The van der Waals surface area contributed by atoms with Gasteiger partial charge in [0.15, 0.2) is 4.77 Å². The summed E-state index contributed by atoms with van der Waals surface area (Å²) in [5, 5.41) is 2.85. The highest BCUT2D eigenvalue weighted by Crippen LogP contribution is 2.13. The number of benzene rings is 1. The first-order chi connectivity index (χ1) is 9.97. The molecule has 0 saturated carbocycles. The Morgan fingerprint density at radius 2 is 1.95 bits per heavy atom. The molecule has 0 spiro atoms. The molecule has 1 amide bonds. The Kier molecular flexibility index (Phi) is 4.70. The van der Waals surface area contributed by atoms with Crippen molar-refractivity contribution in [3.05, 3.63) is 56.2 Å². The largest absolute Gasteiger partial charge is 0.336 e. The van der Waals surface area contributed by atoms with Crippen molar-refractivity contribution in [2.75, 3.05) is 5.32 Å². The molecule has 0 bridgehead atoms. The lowest BCUT2D eigenvalue weighted by Crippen LogP contribution is -2.19. The molecule has 0 unspecified atom stereocenters. The first-order valence-electron chi connectivity index (χ1n) is 6.65. The molecule has 2 rings (SSSR count). The molecule has 6 heteroatoms. The van der Waals surface area contributed by atoms with Crippen LogP contribution in [0.5, 0.6) is 0 Å². The highest BCUT2D eigenvalue weighted by atomic mass is 32.1. The van der Waals surface area contributed by atoms with E-state index in [1.54, 1.807) is 6.92 Å². The lowest BCUT2D eigenvalue weighted by atomic mass is 10.1. The third kappa shape index (κ3) is 3.88. The van der Waals surface area contributed by atoms with Crippen LogP contribution in [0.1, 0.15) is 23.2 Å². The molecule has 3 N–H and O–H groups in total. The molecule has 0 fully saturated rings. The fourth-order valence-corrected chi connectivity index (χ4v) is 2.34. The van der Waals surface area contributed by atoms with Crippen molar-refractivity contribution in [3.8, 4) is 0 Å². The first-order valence-corrected chi connectivity index (χ1v) is 7.06. The fraction of sp³-hybridized carbons (Fsp3) is 0.267. The molecule has 110 valence electrons. The summed E-state index contributed by atoms with van der Waals surface area (Å²) in [4.78, 5) is 29.2. The number of aromatic amines is 2. The van der Waals surface area contributed by atoms with E-state index in [-0.39, 0.29) is 17.9 Å². The van der Waals surface area contributed by atoms with Crippen molar-refractivity contribution < 1.29 is 4.79 Å². The number of amides is 1. The van der Waals surface area contributed by atoms with E-state index in [4.69, 9.17) is 12.2 Å². The van der Waals surface area contributed by atoms with Crippen molar-refractivity contribution in [1.29, 1.82) is 0 Å². The Bertz CT molecular complexity index is 777. The van der Waals surface area contributed by atoms with Crippen molar-refractivity contribution in [1.82, 2.24) is 9.97 Å². The van der Waals surface area contributed by atoms with Crippen LogP contribution in [0.4, 0.5) is 5.69 Å². The molecule has 0 aliphatic heterocycles. The molecular weight excluding hydrogens is 286 g/mol. The van der Waals surface area contributed by atoms with Crippen LogP contribution in [0, 0.1) is 18.6 Å². The number of aryl methyl sites for hydroxylation is 2. The second-order valence-corrected chi connectivity index (χ2v) is 5.28. The van der Waals surface area contributed by atoms with Gasteiger partial charge in [0.25, 0.3) is 5.56 Å². The molecule has 1 heterocycles. The van der Waals surface area contributed by atoms with Crippen molar-refractivity contribution in [2.24, 2.45) is 0 Å². The van der Waals surface area contributed by atoms with Gasteiger partial charge in [0.2, 0.25) is 5.91 Å². The molecule has 21 heavy (non-hydrogen) atoms. The van der Waals surface area contributed by atoms with E-state index in [0.717, 1.165) is 11.3 Å². The lowest BCUT2D eigenvalue weighted by molar-refractivity contribution is -0.116. The summed E-state index contributed by atoms with van der Waals surface area (Å²) in [6.45, 7) is 3.71. The van der Waals surface area contributed by atoms with Crippen LogP contribution in [0.2, 0.25) is 0 Å². The number of H-pyrrole nitrogens is 2. The second kappa shape index (κ2) is 6.49. The SMILES string of the molecule is Cc1ccccc1NC(=O)CCc1c(C)[nH]c(=S)[nH]c1=O. The average molecular weight is 303 g/mol. The van der Waals surface area contributed by atoms with Gasteiger partial charge >= 0.3 is 0 Å². The van der Waals surface area contributed by atoms with Gasteiger partial charge in [-0.3, -0.25) is 14.6 Å². The summed E-state index contributed by atoms with van der Waals surface area (Å²) in [6, 6.07) is 7.57. The summed E-state index contributed by atoms with van der Waals surface area (Å²) in [5.41, 5.74) is 2.82. The maximum Gasteiger partial charge on any atom is 0.255 e. The van der Waals surface area contributed by atoms with E-state index >= 15 is 0 Å². The number of carbonyl (C=O) groups is 1. The number of anilines is 1. The molecule has 0 aliphatic rings.